The molecule has 8 heteroatoms. The number of hydrogen-bond acceptors (Lipinski definition) is 5. The van der Waals surface area contributed by atoms with Gasteiger partial charge in [0.2, 0.25) is 0 Å². The molecule has 112 valence electrons. The molecule has 0 radical (unpaired) electrons. The summed E-state index contributed by atoms with van der Waals surface area (Å²) in [5.74, 6) is 1.03. The van der Waals surface area contributed by atoms with Crippen LogP contribution in [0.25, 0.3) is 0 Å². The fourth-order valence-corrected chi connectivity index (χ4v) is 4.07. The van der Waals surface area contributed by atoms with Crippen LogP contribution in [0, 0.1) is 0 Å². The molecule has 0 aliphatic carbocycles. The predicted octanol–water partition coefficient (Wildman–Crippen LogP) is 3.34. The van der Waals surface area contributed by atoms with E-state index in [1.54, 1.807) is 23.6 Å². The van der Waals surface area contributed by atoms with Crippen LogP contribution in [0.1, 0.15) is 5.56 Å². The summed E-state index contributed by atoms with van der Waals surface area (Å²) in [6.45, 7) is 0. The lowest BCUT2D eigenvalue weighted by Crippen LogP contribution is -1.97. The van der Waals surface area contributed by atoms with E-state index in [-0.39, 0.29) is 4.21 Å². The van der Waals surface area contributed by atoms with Gasteiger partial charge in [-0.15, -0.1) is 11.3 Å². The average Bonchev–Trinajstić information content (AvgIpc) is 2.99. The highest BCUT2D eigenvalue weighted by Crippen LogP contribution is 2.35. The van der Waals surface area contributed by atoms with Crippen molar-refractivity contribution in [2.45, 2.75) is 4.21 Å². The quantitative estimate of drug-likeness (QED) is 0.735. The lowest BCUT2D eigenvalue weighted by molar-refractivity contribution is 0.353. The molecule has 0 atom stereocenters. The van der Waals surface area contributed by atoms with E-state index in [9.17, 15) is 8.42 Å². The average molecular weight is 390 g/mol. The normalized spacial score (nSPS) is 11.8. The van der Waals surface area contributed by atoms with E-state index in [0.29, 0.717) is 21.5 Å². The highest BCUT2D eigenvalue weighted by Gasteiger charge is 2.13. The molecule has 1 heterocycles. The Labute approximate surface area is 135 Å². The first kappa shape index (κ1) is 16.0. The summed E-state index contributed by atoms with van der Waals surface area (Å²) in [5, 5.41) is 1.69. The molecule has 0 N–H and O–H groups in total. The zero-order chi connectivity index (χ0) is 15.5. The first-order valence-corrected chi connectivity index (χ1v) is 8.84. The van der Waals surface area contributed by atoms with Crippen LogP contribution in [0.3, 0.4) is 0 Å². The lowest BCUT2D eigenvalue weighted by atomic mass is 10.2. The molecule has 5 nitrogen and oxygen atoms in total. The zero-order valence-electron chi connectivity index (χ0n) is 11.2. The summed E-state index contributed by atoms with van der Waals surface area (Å²) < 4.78 is 38.9. The first-order chi connectivity index (χ1) is 9.97. The Morgan fingerprint density at radius 1 is 1.29 bits per heavy atom. The van der Waals surface area contributed by atoms with Gasteiger partial charge in [0.1, 0.15) is 4.21 Å². The number of hydrogen-bond donors (Lipinski definition) is 0. The Morgan fingerprint density at radius 3 is 2.62 bits per heavy atom. The van der Waals surface area contributed by atoms with E-state index in [4.69, 9.17) is 9.47 Å². The van der Waals surface area contributed by atoms with Gasteiger partial charge in [0.15, 0.2) is 11.5 Å². The largest absolute Gasteiger partial charge is 0.493 e. The van der Waals surface area contributed by atoms with E-state index >= 15 is 0 Å². The van der Waals surface area contributed by atoms with Crippen molar-refractivity contribution in [3.63, 3.8) is 0 Å². The van der Waals surface area contributed by atoms with Gasteiger partial charge in [-0.2, -0.15) is 12.8 Å². The number of rotatable bonds is 5. The summed E-state index contributed by atoms with van der Waals surface area (Å²) in [4.78, 5) is 0. The standard InChI is InChI=1S/C13H12BrNO4S2/c1-18-11-7-9(6-10(14)13(11)19-2)8-15-21(16,17)12-4-3-5-20-12/h3-8H,1-2H3/b15-8-. The highest BCUT2D eigenvalue weighted by atomic mass is 79.9. The lowest BCUT2D eigenvalue weighted by Gasteiger charge is -2.10. The molecule has 2 rings (SSSR count). The van der Waals surface area contributed by atoms with Crippen molar-refractivity contribution >= 4 is 43.5 Å². The summed E-state index contributed by atoms with van der Waals surface area (Å²) in [7, 11) is -0.630. The van der Waals surface area contributed by atoms with Crippen LogP contribution >= 0.6 is 27.3 Å². The van der Waals surface area contributed by atoms with Crippen molar-refractivity contribution in [2.75, 3.05) is 14.2 Å². The van der Waals surface area contributed by atoms with Crippen molar-refractivity contribution < 1.29 is 17.9 Å². The van der Waals surface area contributed by atoms with Gasteiger partial charge in [0.05, 0.1) is 18.7 Å². The smallest absolute Gasteiger partial charge is 0.291 e. The summed E-state index contributed by atoms with van der Waals surface area (Å²) >= 11 is 4.47. The van der Waals surface area contributed by atoms with Crippen LogP contribution < -0.4 is 9.47 Å². The van der Waals surface area contributed by atoms with Crippen LogP contribution in [0.2, 0.25) is 0 Å². The topological polar surface area (TPSA) is 65.0 Å². The minimum absolute atomic E-state index is 0.207. The molecule has 0 fully saturated rings. The molecule has 0 aliphatic rings. The van der Waals surface area contributed by atoms with Crippen LogP contribution in [0.5, 0.6) is 11.5 Å². The van der Waals surface area contributed by atoms with Gasteiger partial charge in [-0.1, -0.05) is 6.07 Å². The van der Waals surface area contributed by atoms with E-state index in [0.717, 1.165) is 11.3 Å². The third kappa shape index (κ3) is 3.63. The van der Waals surface area contributed by atoms with Crippen LogP contribution in [0.15, 0.2) is 42.7 Å². The fourth-order valence-electron chi connectivity index (χ4n) is 1.60. The van der Waals surface area contributed by atoms with Gasteiger partial charge in [-0.3, -0.25) is 0 Å². The number of thiophene rings is 1. The minimum atomic E-state index is -3.66. The number of methoxy groups -OCH3 is 2. The van der Waals surface area contributed by atoms with Gasteiger partial charge in [0, 0.05) is 6.21 Å². The molecule has 21 heavy (non-hydrogen) atoms. The molecule has 0 bridgehead atoms. The van der Waals surface area contributed by atoms with Crippen molar-refractivity contribution in [1.82, 2.24) is 0 Å². The second kappa shape index (κ2) is 6.59. The SMILES string of the molecule is COc1cc(/C=N\S(=O)(=O)c2cccs2)cc(Br)c1OC. The first-order valence-electron chi connectivity index (χ1n) is 5.73. The summed E-state index contributed by atoms with van der Waals surface area (Å²) in [5.41, 5.74) is 0.583. The van der Waals surface area contributed by atoms with E-state index in [2.05, 4.69) is 20.3 Å². The molecular weight excluding hydrogens is 378 g/mol. The third-order valence-corrected chi connectivity index (χ3v) is 5.74. The molecule has 1 aromatic carbocycles. The van der Waals surface area contributed by atoms with Crippen molar-refractivity contribution in [2.24, 2.45) is 4.40 Å². The summed E-state index contributed by atoms with van der Waals surface area (Å²) in [6, 6.07) is 6.54. The number of nitrogens with zero attached hydrogens (tertiary/aromatic N) is 1. The monoisotopic (exact) mass is 389 g/mol. The molecule has 0 aliphatic heterocycles. The molecule has 0 saturated heterocycles. The Bertz CT molecular complexity index is 755. The van der Waals surface area contributed by atoms with Gasteiger partial charge in [-0.05, 0) is 45.1 Å². The highest BCUT2D eigenvalue weighted by molar-refractivity contribution is 9.10. The molecule has 0 amide bonds. The second-order valence-electron chi connectivity index (χ2n) is 3.88. The van der Waals surface area contributed by atoms with Crippen LogP contribution in [0.4, 0.5) is 0 Å². The molecule has 1 aromatic heterocycles. The Hall–Kier alpha value is -1.38. The second-order valence-corrected chi connectivity index (χ2v) is 7.54. The van der Waals surface area contributed by atoms with E-state index in [1.165, 1.54) is 26.5 Å². The van der Waals surface area contributed by atoms with Gasteiger partial charge >= 0.3 is 0 Å². The van der Waals surface area contributed by atoms with Crippen molar-refractivity contribution in [1.29, 1.82) is 0 Å². The number of sulfonamides is 1. The molecule has 0 spiro atoms. The van der Waals surface area contributed by atoms with Crippen molar-refractivity contribution in [3.8, 4) is 11.5 Å². The number of benzene rings is 1. The molecule has 0 saturated carbocycles. The molecule has 0 unspecified atom stereocenters. The van der Waals surface area contributed by atoms with E-state index in [1.807, 2.05) is 0 Å². The Balaban J connectivity index is 2.36. The summed E-state index contributed by atoms with van der Waals surface area (Å²) in [6.07, 6.45) is 1.28. The number of ether oxygens (including phenoxy) is 2. The zero-order valence-corrected chi connectivity index (χ0v) is 14.5. The van der Waals surface area contributed by atoms with Crippen LogP contribution in [-0.4, -0.2) is 28.9 Å². The minimum Gasteiger partial charge on any atom is -0.493 e. The Morgan fingerprint density at radius 2 is 2.05 bits per heavy atom. The van der Waals surface area contributed by atoms with Crippen molar-refractivity contribution in [3.05, 3.63) is 39.7 Å². The van der Waals surface area contributed by atoms with E-state index < -0.39 is 10.0 Å². The van der Waals surface area contributed by atoms with Gasteiger partial charge in [0.25, 0.3) is 10.0 Å². The fraction of sp³-hybridized carbons (Fsp3) is 0.154. The third-order valence-electron chi connectivity index (χ3n) is 2.55. The van der Waals surface area contributed by atoms with Gasteiger partial charge in [-0.25, -0.2) is 0 Å². The van der Waals surface area contributed by atoms with Crippen LogP contribution in [-0.2, 0) is 10.0 Å². The maximum atomic E-state index is 12.0. The molecular formula is C13H12BrNO4S2. The predicted molar refractivity (Wildman–Crippen MR) is 86.3 cm³/mol. The van der Waals surface area contributed by atoms with Gasteiger partial charge < -0.3 is 9.47 Å². The Kier molecular flexibility index (Phi) is 5.02. The number of halogens is 1. The molecule has 2 aromatic rings. The maximum absolute atomic E-state index is 12.0. The maximum Gasteiger partial charge on any atom is 0.291 e.